The summed E-state index contributed by atoms with van der Waals surface area (Å²) in [4.78, 5) is 12.6. The van der Waals surface area contributed by atoms with Crippen LogP contribution in [-0.4, -0.2) is 16.9 Å². The maximum absolute atomic E-state index is 13.5. The molecule has 0 bridgehead atoms. The number of carbonyl (C=O) groups is 1. The van der Waals surface area contributed by atoms with Crippen molar-refractivity contribution in [3.05, 3.63) is 34.1 Å². The number of halogens is 2. The van der Waals surface area contributed by atoms with Gasteiger partial charge in [-0.05, 0) is 52.9 Å². The van der Waals surface area contributed by atoms with Gasteiger partial charge in [0, 0.05) is 5.56 Å². The van der Waals surface area contributed by atoms with E-state index in [4.69, 9.17) is 18.0 Å². The van der Waals surface area contributed by atoms with Crippen LogP contribution in [-0.2, 0) is 0 Å². The van der Waals surface area contributed by atoms with E-state index in [0.717, 1.165) is 25.7 Å². The van der Waals surface area contributed by atoms with Crippen molar-refractivity contribution in [3.8, 4) is 0 Å². The molecule has 1 aromatic carbocycles. The molecular weight excluding hydrogens is 355 g/mol. The quantitative estimate of drug-likeness (QED) is 0.794. The zero-order valence-corrected chi connectivity index (χ0v) is 14.0. The lowest BCUT2D eigenvalue weighted by atomic mass is 9.83. The molecule has 21 heavy (non-hydrogen) atoms. The van der Waals surface area contributed by atoms with Crippen molar-refractivity contribution >= 4 is 39.0 Å². The van der Waals surface area contributed by atoms with E-state index in [1.165, 1.54) is 18.6 Å². The van der Waals surface area contributed by atoms with Crippen molar-refractivity contribution < 1.29 is 9.18 Å². The third-order valence-electron chi connectivity index (χ3n) is 3.90. The van der Waals surface area contributed by atoms with E-state index >= 15 is 0 Å². The second kappa shape index (κ2) is 7.31. The lowest BCUT2D eigenvalue weighted by Crippen LogP contribution is -2.48. The van der Waals surface area contributed by atoms with Gasteiger partial charge in [-0.1, -0.05) is 31.5 Å². The number of amides is 1. The molecule has 1 amide bonds. The third kappa shape index (κ3) is 4.23. The number of hydrogen-bond donors (Lipinski definition) is 2. The Kier molecular flexibility index (Phi) is 5.70. The second-order valence-corrected chi connectivity index (χ2v) is 6.71. The van der Waals surface area contributed by atoms with Gasteiger partial charge >= 0.3 is 0 Å². The fourth-order valence-electron chi connectivity index (χ4n) is 2.75. The number of rotatable bonds is 4. The first kappa shape index (κ1) is 16.4. The minimum Gasteiger partial charge on any atom is -0.392 e. The van der Waals surface area contributed by atoms with Gasteiger partial charge in [-0.25, -0.2) is 4.39 Å². The summed E-state index contributed by atoms with van der Waals surface area (Å²) in [5.41, 5.74) is 6.05. The van der Waals surface area contributed by atoms with Gasteiger partial charge in [0.25, 0.3) is 5.91 Å². The highest BCUT2D eigenvalue weighted by Crippen LogP contribution is 2.27. The largest absolute Gasteiger partial charge is 0.392 e. The summed E-state index contributed by atoms with van der Waals surface area (Å²) >= 11 is 8.16. The van der Waals surface area contributed by atoms with E-state index in [2.05, 4.69) is 21.2 Å². The molecule has 0 aliphatic heterocycles. The van der Waals surface area contributed by atoms with Crippen LogP contribution in [0, 0.1) is 11.7 Å². The number of nitrogens with one attached hydrogen (secondary N) is 1. The number of benzene rings is 1. The van der Waals surface area contributed by atoms with Crippen LogP contribution in [0.25, 0.3) is 0 Å². The zero-order valence-electron chi connectivity index (χ0n) is 11.6. The first-order chi connectivity index (χ1) is 9.99. The molecule has 1 atom stereocenters. The number of hydrogen-bond acceptors (Lipinski definition) is 2. The summed E-state index contributed by atoms with van der Waals surface area (Å²) in [6, 6.07) is 3.97. The van der Waals surface area contributed by atoms with Crippen molar-refractivity contribution in [2.75, 3.05) is 0 Å². The topological polar surface area (TPSA) is 55.1 Å². The molecule has 6 heteroatoms. The molecular formula is C15H18BrFN2OS. The Morgan fingerprint density at radius 2 is 2.05 bits per heavy atom. The minimum absolute atomic E-state index is 0.271. The molecule has 1 saturated carbocycles. The lowest BCUT2D eigenvalue weighted by Gasteiger charge is -2.30. The van der Waals surface area contributed by atoms with Gasteiger partial charge in [-0.3, -0.25) is 4.79 Å². The summed E-state index contributed by atoms with van der Waals surface area (Å²) in [6.07, 6.45) is 5.50. The number of carbonyl (C=O) groups excluding carboxylic acids is 1. The summed E-state index contributed by atoms with van der Waals surface area (Å²) in [6.45, 7) is 0. The van der Waals surface area contributed by atoms with Crippen LogP contribution < -0.4 is 11.1 Å². The third-order valence-corrected chi connectivity index (χ3v) is 4.79. The van der Waals surface area contributed by atoms with Gasteiger partial charge in [0.1, 0.15) is 5.82 Å². The molecule has 0 aromatic heterocycles. The Bertz CT molecular complexity index is 546. The van der Waals surface area contributed by atoms with Crippen LogP contribution in [0.1, 0.15) is 42.5 Å². The molecule has 3 nitrogen and oxygen atoms in total. The molecule has 2 rings (SSSR count). The molecule has 1 aliphatic rings. The first-order valence-corrected chi connectivity index (χ1v) is 8.24. The summed E-state index contributed by atoms with van der Waals surface area (Å²) in [7, 11) is 0. The van der Waals surface area contributed by atoms with Crippen molar-refractivity contribution in [2.24, 2.45) is 11.7 Å². The van der Waals surface area contributed by atoms with Crippen LogP contribution in [0.2, 0.25) is 0 Å². The second-order valence-electron chi connectivity index (χ2n) is 5.38. The predicted octanol–water partition coefficient (Wildman–Crippen LogP) is 3.55. The Morgan fingerprint density at radius 3 is 2.62 bits per heavy atom. The summed E-state index contributed by atoms with van der Waals surface area (Å²) in [5.74, 6) is -0.530. The van der Waals surface area contributed by atoms with Gasteiger partial charge in [0.15, 0.2) is 0 Å². The molecule has 1 aliphatic carbocycles. The van der Waals surface area contributed by atoms with E-state index in [1.807, 2.05) is 0 Å². The van der Waals surface area contributed by atoms with Crippen molar-refractivity contribution in [1.82, 2.24) is 5.32 Å². The highest BCUT2D eigenvalue weighted by molar-refractivity contribution is 9.10. The van der Waals surface area contributed by atoms with Crippen molar-refractivity contribution in [1.29, 1.82) is 0 Å². The lowest BCUT2D eigenvalue weighted by molar-refractivity contribution is 0.0931. The van der Waals surface area contributed by atoms with Gasteiger partial charge in [0.2, 0.25) is 0 Å². The molecule has 1 unspecified atom stereocenters. The van der Waals surface area contributed by atoms with E-state index in [0.29, 0.717) is 9.46 Å². The summed E-state index contributed by atoms with van der Waals surface area (Å²) < 4.78 is 13.8. The van der Waals surface area contributed by atoms with E-state index in [1.54, 1.807) is 6.07 Å². The minimum atomic E-state index is -0.466. The molecule has 0 heterocycles. The highest BCUT2D eigenvalue weighted by Gasteiger charge is 2.27. The zero-order chi connectivity index (χ0) is 15.4. The maximum Gasteiger partial charge on any atom is 0.251 e. The highest BCUT2D eigenvalue weighted by atomic mass is 79.9. The van der Waals surface area contributed by atoms with Crippen LogP contribution in [0.15, 0.2) is 22.7 Å². The average molecular weight is 373 g/mol. The SMILES string of the molecule is NC(=S)C(NC(=O)c1ccc(Br)c(F)c1)C1CCCCC1. The normalized spacial score (nSPS) is 17.2. The smallest absolute Gasteiger partial charge is 0.251 e. The first-order valence-electron chi connectivity index (χ1n) is 7.04. The Balaban J connectivity index is 2.10. The molecule has 0 radical (unpaired) electrons. The molecule has 1 aromatic rings. The molecule has 0 saturated heterocycles. The number of thiocarbonyl (C=S) groups is 1. The maximum atomic E-state index is 13.5. The van der Waals surface area contributed by atoms with Gasteiger partial charge in [-0.2, -0.15) is 0 Å². The monoisotopic (exact) mass is 372 g/mol. The van der Waals surface area contributed by atoms with Crippen molar-refractivity contribution in [2.45, 2.75) is 38.1 Å². The van der Waals surface area contributed by atoms with E-state index in [9.17, 15) is 9.18 Å². The van der Waals surface area contributed by atoms with Crippen LogP contribution in [0.5, 0.6) is 0 Å². The summed E-state index contributed by atoms with van der Waals surface area (Å²) in [5, 5.41) is 2.86. The molecule has 0 spiro atoms. The van der Waals surface area contributed by atoms with E-state index < -0.39 is 5.82 Å². The van der Waals surface area contributed by atoms with Gasteiger partial charge in [-0.15, -0.1) is 0 Å². The fourth-order valence-corrected chi connectivity index (χ4v) is 3.25. The fraction of sp³-hybridized carbons (Fsp3) is 0.467. The Hall–Kier alpha value is -1.01. The molecule has 114 valence electrons. The van der Waals surface area contributed by atoms with E-state index in [-0.39, 0.29) is 23.4 Å². The van der Waals surface area contributed by atoms with Gasteiger partial charge < -0.3 is 11.1 Å². The average Bonchev–Trinajstić information content (AvgIpc) is 2.48. The standard InChI is InChI=1S/C15H18BrFN2OS/c16-11-7-6-10(8-12(11)17)15(20)19-13(14(18)21)9-4-2-1-3-5-9/h6-9,13H,1-5H2,(H2,18,21)(H,19,20). The van der Waals surface area contributed by atoms with Crippen LogP contribution in [0.3, 0.4) is 0 Å². The predicted molar refractivity (Wildman–Crippen MR) is 88.7 cm³/mol. The van der Waals surface area contributed by atoms with Crippen LogP contribution >= 0.6 is 28.1 Å². The Labute approximate surface area is 137 Å². The van der Waals surface area contributed by atoms with Crippen molar-refractivity contribution in [3.63, 3.8) is 0 Å². The Morgan fingerprint density at radius 1 is 1.38 bits per heavy atom. The van der Waals surface area contributed by atoms with Gasteiger partial charge in [0.05, 0.1) is 15.5 Å². The van der Waals surface area contributed by atoms with Crippen LogP contribution in [0.4, 0.5) is 4.39 Å². The molecule has 1 fully saturated rings. The number of nitrogens with two attached hydrogens (primary N) is 1. The molecule has 3 N–H and O–H groups in total.